The number of amides is 1. The molecular formula is C6H8N2OS2. The van der Waals surface area contributed by atoms with Gasteiger partial charge in [0.05, 0.1) is 5.75 Å². The Morgan fingerprint density at radius 2 is 2.18 bits per heavy atom. The van der Waals surface area contributed by atoms with Gasteiger partial charge in [0.2, 0.25) is 0 Å². The number of thioether (sulfide) groups is 1. The maximum Gasteiger partial charge on any atom is 0.253 e. The van der Waals surface area contributed by atoms with Crippen molar-refractivity contribution < 1.29 is 4.79 Å². The maximum absolute atomic E-state index is 11.2. The van der Waals surface area contributed by atoms with Crippen LogP contribution in [0.25, 0.3) is 0 Å². The van der Waals surface area contributed by atoms with Crippen LogP contribution in [0.3, 0.4) is 0 Å². The van der Waals surface area contributed by atoms with Crippen LogP contribution in [0.15, 0.2) is 0 Å². The molecule has 0 aliphatic carbocycles. The number of rotatable bonds is 1. The standard InChI is InChI=1S/C6H8N2OS2/c9-5-4-11-6(10)8(5)7-2-1-3-7/h1-4H2. The first kappa shape index (κ1) is 7.52. The summed E-state index contributed by atoms with van der Waals surface area (Å²) >= 11 is 6.48. The van der Waals surface area contributed by atoms with Crippen molar-refractivity contribution in [3.05, 3.63) is 0 Å². The molecular weight excluding hydrogens is 180 g/mol. The molecule has 0 bridgehead atoms. The number of hydrogen-bond acceptors (Lipinski definition) is 4. The monoisotopic (exact) mass is 188 g/mol. The van der Waals surface area contributed by atoms with Gasteiger partial charge >= 0.3 is 0 Å². The van der Waals surface area contributed by atoms with Gasteiger partial charge in [-0.2, -0.15) is 0 Å². The Morgan fingerprint density at radius 1 is 1.45 bits per heavy atom. The Labute approximate surface area is 74.7 Å². The number of nitrogens with zero attached hydrogens (tertiary/aromatic N) is 2. The lowest BCUT2D eigenvalue weighted by molar-refractivity contribution is -0.139. The Bertz CT molecular complexity index is 199. The molecule has 5 heteroatoms. The molecule has 0 unspecified atom stereocenters. The summed E-state index contributed by atoms with van der Waals surface area (Å²) < 4.78 is 0.717. The van der Waals surface area contributed by atoms with Crippen molar-refractivity contribution in [1.82, 2.24) is 10.0 Å². The van der Waals surface area contributed by atoms with Gasteiger partial charge in [0, 0.05) is 13.1 Å². The second-order valence-electron chi connectivity index (χ2n) is 2.57. The van der Waals surface area contributed by atoms with Crippen molar-refractivity contribution in [1.29, 1.82) is 0 Å². The fraction of sp³-hybridized carbons (Fsp3) is 0.667. The van der Waals surface area contributed by atoms with E-state index in [1.165, 1.54) is 18.2 Å². The molecule has 0 atom stereocenters. The van der Waals surface area contributed by atoms with Crippen LogP contribution in [0, 0.1) is 0 Å². The van der Waals surface area contributed by atoms with E-state index in [2.05, 4.69) is 0 Å². The molecule has 0 aromatic carbocycles. The highest BCUT2D eigenvalue weighted by molar-refractivity contribution is 8.23. The fourth-order valence-corrected chi connectivity index (χ4v) is 2.22. The van der Waals surface area contributed by atoms with Crippen molar-refractivity contribution in [2.24, 2.45) is 0 Å². The van der Waals surface area contributed by atoms with Crippen LogP contribution in [-0.2, 0) is 4.79 Å². The van der Waals surface area contributed by atoms with Crippen molar-refractivity contribution in [2.45, 2.75) is 6.42 Å². The van der Waals surface area contributed by atoms with Crippen LogP contribution in [-0.4, -0.2) is 39.1 Å². The zero-order valence-electron chi connectivity index (χ0n) is 5.95. The first-order valence-corrected chi connectivity index (χ1v) is 4.93. The molecule has 2 saturated heterocycles. The highest BCUT2D eigenvalue weighted by atomic mass is 32.2. The Hall–Kier alpha value is -0.130. The third-order valence-electron chi connectivity index (χ3n) is 1.84. The summed E-state index contributed by atoms with van der Waals surface area (Å²) in [4.78, 5) is 11.2. The second kappa shape index (κ2) is 2.73. The lowest BCUT2D eigenvalue weighted by atomic mass is 10.3. The molecule has 1 amide bonds. The molecule has 2 aliphatic rings. The van der Waals surface area contributed by atoms with Crippen LogP contribution >= 0.6 is 24.0 Å². The van der Waals surface area contributed by atoms with E-state index < -0.39 is 0 Å². The number of hydrazine groups is 1. The summed E-state index contributed by atoms with van der Waals surface area (Å²) in [5.41, 5.74) is 0. The van der Waals surface area contributed by atoms with Crippen LogP contribution in [0.4, 0.5) is 0 Å². The molecule has 0 aromatic rings. The third-order valence-corrected chi connectivity index (χ3v) is 3.18. The molecule has 0 spiro atoms. The second-order valence-corrected chi connectivity index (χ2v) is 4.18. The zero-order chi connectivity index (χ0) is 7.84. The normalized spacial score (nSPS) is 26.0. The highest BCUT2D eigenvalue weighted by Crippen LogP contribution is 2.24. The van der Waals surface area contributed by atoms with Crippen molar-refractivity contribution >= 4 is 34.2 Å². The van der Waals surface area contributed by atoms with Gasteiger partial charge in [-0.25, -0.2) is 10.0 Å². The largest absolute Gasteiger partial charge is 0.272 e. The molecule has 0 radical (unpaired) electrons. The van der Waals surface area contributed by atoms with Gasteiger partial charge in [-0.1, -0.05) is 24.0 Å². The summed E-state index contributed by atoms with van der Waals surface area (Å²) in [5.74, 6) is 0.662. The molecule has 60 valence electrons. The van der Waals surface area contributed by atoms with Gasteiger partial charge in [-0.15, -0.1) is 0 Å². The van der Waals surface area contributed by atoms with E-state index in [4.69, 9.17) is 12.2 Å². The first-order chi connectivity index (χ1) is 5.29. The van der Waals surface area contributed by atoms with E-state index in [0.29, 0.717) is 5.75 Å². The van der Waals surface area contributed by atoms with E-state index in [1.807, 2.05) is 5.01 Å². The van der Waals surface area contributed by atoms with E-state index in [0.717, 1.165) is 17.4 Å². The van der Waals surface area contributed by atoms with Crippen LogP contribution in [0.1, 0.15) is 6.42 Å². The van der Waals surface area contributed by atoms with Gasteiger partial charge in [0.15, 0.2) is 4.32 Å². The molecule has 2 heterocycles. The summed E-state index contributed by atoms with van der Waals surface area (Å²) in [6, 6.07) is 0. The topological polar surface area (TPSA) is 23.6 Å². The van der Waals surface area contributed by atoms with Gasteiger partial charge in [0.25, 0.3) is 5.91 Å². The summed E-state index contributed by atoms with van der Waals surface area (Å²) in [6.07, 6.45) is 1.18. The number of carbonyl (C=O) groups is 1. The predicted molar refractivity (Wildman–Crippen MR) is 48.1 cm³/mol. The van der Waals surface area contributed by atoms with E-state index in [1.54, 1.807) is 5.01 Å². The number of hydrogen-bond donors (Lipinski definition) is 0. The summed E-state index contributed by atoms with van der Waals surface area (Å²) in [5, 5.41) is 3.65. The first-order valence-electron chi connectivity index (χ1n) is 3.53. The predicted octanol–water partition coefficient (Wildman–Crippen LogP) is 0.467. The average Bonchev–Trinajstić information content (AvgIpc) is 2.15. The summed E-state index contributed by atoms with van der Waals surface area (Å²) in [7, 11) is 0. The molecule has 2 fully saturated rings. The van der Waals surface area contributed by atoms with Crippen LogP contribution in [0.2, 0.25) is 0 Å². The van der Waals surface area contributed by atoms with Crippen molar-refractivity contribution in [2.75, 3.05) is 18.8 Å². The Balaban J connectivity index is 2.09. The number of carbonyl (C=O) groups excluding carboxylic acids is 1. The quantitative estimate of drug-likeness (QED) is 0.558. The maximum atomic E-state index is 11.2. The van der Waals surface area contributed by atoms with Crippen molar-refractivity contribution in [3.63, 3.8) is 0 Å². The van der Waals surface area contributed by atoms with E-state index in [9.17, 15) is 4.79 Å². The number of thiocarbonyl (C=S) groups is 1. The smallest absolute Gasteiger partial charge is 0.253 e. The SMILES string of the molecule is O=C1CSC(=S)N1N1CCC1. The lowest BCUT2D eigenvalue weighted by Gasteiger charge is -2.37. The van der Waals surface area contributed by atoms with Gasteiger partial charge in [-0.3, -0.25) is 4.79 Å². The minimum atomic E-state index is 0.139. The van der Waals surface area contributed by atoms with Crippen LogP contribution < -0.4 is 0 Å². The molecule has 0 aromatic heterocycles. The summed E-state index contributed by atoms with van der Waals surface area (Å²) in [6.45, 7) is 1.96. The fourth-order valence-electron chi connectivity index (χ4n) is 1.12. The third kappa shape index (κ3) is 1.17. The van der Waals surface area contributed by atoms with Crippen molar-refractivity contribution in [3.8, 4) is 0 Å². The molecule has 0 saturated carbocycles. The Kier molecular flexibility index (Phi) is 1.86. The van der Waals surface area contributed by atoms with Gasteiger partial charge < -0.3 is 0 Å². The van der Waals surface area contributed by atoms with E-state index >= 15 is 0 Å². The molecule has 0 N–H and O–H groups in total. The van der Waals surface area contributed by atoms with E-state index in [-0.39, 0.29) is 5.91 Å². The zero-order valence-corrected chi connectivity index (χ0v) is 7.58. The minimum Gasteiger partial charge on any atom is -0.272 e. The van der Waals surface area contributed by atoms with Gasteiger partial charge in [-0.05, 0) is 6.42 Å². The molecule has 11 heavy (non-hydrogen) atoms. The van der Waals surface area contributed by atoms with Crippen LogP contribution in [0.5, 0.6) is 0 Å². The Morgan fingerprint density at radius 3 is 2.55 bits per heavy atom. The molecule has 2 rings (SSSR count). The molecule has 3 nitrogen and oxygen atoms in total. The average molecular weight is 188 g/mol. The molecule has 2 aliphatic heterocycles. The minimum absolute atomic E-state index is 0.139. The highest BCUT2D eigenvalue weighted by Gasteiger charge is 2.34. The van der Waals surface area contributed by atoms with Gasteiger partial charge in [0.1, 0.15) is 0 Å². The lowest BCUT2D eigenvalue weighted by Crippen LogP contribution is -2.52.